The second-order valence-corrected chi connectivity index (χ2v) is 12.4. The summed E-state index contributed by atoms with van der Waals surface area (Å²) in [6, 6.07) is 0. The molecule has 37 heavy (non-hydrogen) atoms. The van der Waals surface area contributed by atoms with Crippen molar-refractivity contribution in [3.8, 4) is 0 Å². The zero-order valence-electron chi connectivity index (χ0n) is 23.3. The number of fused-ring (bicyclic) bond motifs is 1. The average Bonchev–Trinajstić information content (AvgIpc) is 3.27. The van der Waals surface area contributed by atoms with E-state index >= 15 is 0 Å². The summed E-state index contributed by atoms with van der Waals surface area (Å²) in [6.07, 6.45) is 4.19. The van der Waals surface area contributed by atoms with Crippen LogP contribution in [0.2, 0.25) is 0 Å². The molecule has 7 nitrogen and oxygen atoms in total. The van der Waals surface area contributed by atoms with Crippen LogP contribution in [0.1, 0.15) is 77.9 Å². The van der Waals surface area contributed by atoms with Gasteiger partial charge in [0.05, 0.1) is 41.4 Å². The van der Waals surface area contributed by atoms with Crippen LogP contribution < -0.4 is 0 Å². The first kappa shape index (κ1) is 29.7. The van der Waals surface area contributed by atoms with E-state index in [4.69, 9.17) is 14.2 Å². The lowest BCUT2D eigenvalue weighted by atomic mass is 9.70. The summed E-state index contributed by atoms with van der Waals surface area (Å²) in [5.41, 5.74) is 1.65. The van der Waals surface area contributed by atoms with Gasteiger partial charge in [0.15, 0.2) is 0 Å². The Morgan fingerprint density at radius 1 is 1.22 bits per heavy atom. The number of hydrogen-bond donors (Lipinski definition) is 1. The summed E-state index contributed by atoms with van der Waals surface area (Å²) >= 11 is 1.56. The third kappa shape index (κ3) is 7.59. The number of esters is 1. The lowest BCUT2D eigenvalue weighted by molar-refractivity contribution is -0.153. The van der Waals surface area contributed by atoms with Gasteiger partial charge in [-0.15, -0.1) is 11.3 Å². The second-order valence-electron chi connectivity index (χ2n) is 11.3. The molecule has 2 aliphatic heterocycles. The molecule has 0 aromatic carbocycles. The second kappa shape index (κ2) is 12.8. The predicted molar refractivity (Wildman–Crippen MR) is 145 cm³/mol. The first-order valence-corrected chi connectivity index (χ1v) is 14.2. The lowest BCUT2D eigenvalue weighted by Crippen LogP contribution is -2.44. The van der Waals surface area contributed by atoms with E-state index < -0.39 is 23.6 Å². The van der Waals surface area contributed by atoms with Gasteiger partial charge in [-0.1, -0.05) is 40.7 Å². The topological polar surface area (TPSA) is 95.0 Å². The Morgan fingerprint density at radius 3 is 2.62 bits per heavy atom. The molecule has 0 bridgehead atoms. The third-order valence-electron chi connectivity index (χ3n) is 8.24. The number of aryl methyl sites for hydroxylation is 1. The number of nitrogens with zero attached hydrogens (tertiary/aromatic N) is 1. The minimum Gasteiger partial charge on any atom is -0.457 e. The molecule has 2 aliphatic rings. The van der Waals surface area contributed by atoms with Crippen LogP contribution in [-0.2, 0) is 23.8 Å². The molecule has 1 N–H and O–H groups in total. The zero-order valence-corrected chi connectivity index (χ0v) is 24.1. The Morgan fingerprint density at radius 2 is 1.95 bits per heavy atom. The van der Waals surface area contributed by atoms with Crippen LogP contribution in [0.15, 0.2) is 22.6 Å². The summed E-state index contributed by atoms with van der Waals surface area (Å²) in [4.78, 5) is 31.0. The molecule has 3 heterocycles. The molecule has 0 spiro atoms. The van der Waals surface area contributed by atoms with Gasteiger partial charge in [-0.05, 0) is 55.7 Å². The Kier molecular flexibility index (Phi) is 10.3. The van der Waals surface area contributed by atoms with Gasteiger partial charge in [-0.3, -0.25) is 9.59 Å². The number of aliphatic hydroxyl groups is 1. The molecule has 0 radical (unpaired) electrons. The number of carbonyl (C=O) groups excluding carboxylic acids is 2. The summed E-state index contributed by atoms with van der Waals surface area (Å²) in [6.45, 7) is 14.3. The highest BCUT2D eigenvalue weighted by Crippen LogP contribution is 2.35. The summed E-state index contributed by atoms with van der Waals surface area (Å²) < 4.78 is 17.4. The standard InChI is InChI=1S/C29H43NO6S/c1-17-8-10-25-22(14-34-16-35-25)9-11-24(18(2)12-23-15-37-21(5)30-23)36-27(32)13-26(31)29(6,7)28(33)20(4)19(17)3/h9,12,15,17,19-20,24-26,31H,8,10-11,13-14,16H2,1-7H3/b18-12+,22-9-/t17-,19-,20+,24-,25?,26-/m0/s1. The molecule has 1 fully saturated rings. The number of hydrogen-bond acceptors (Lipinski definition) is 8. The van der Waals surface area contributed by atoms with Crippen molar-refractivity contribution in [1.82, 2.24) is 4.98 Å². The summed E-state index contributed by atoms with van der Waals surface area (Å²) in [5.74, 6) is -0.412. The molecule has 8 heteroatoms. The number of aliphatic hydroxyl groups excluding tert-OH is 1. The maximum Gasteiger partial charge on any atom is 0.309 e. The van der Waals surface area contributed by atoms with Crippen molar-refractivity contribution in [3.63, 3.8) is 0 Å². The van der Waals surface area contributed by atoms with Crippen LogP contribution in [0.5, 0.6) is 0 Å². The number of thiazole rings is 1. The van der Waals surface area contributed by atoms with Gasteiger partial charge in [0.2, 0.25) is 0 Å². The molecule has 0 aliphatic carbocycles. The van der Waals surface area contributed by atoms with Gasteiger partial charge in [-0.25, -0.2) is 4.98 Å². The van der Waals surface area contributed by atoms with Crippen molar-refractivity contribution in [2.45, 2.75) is 92.5 Å². The number of ether oxygens (including phenoxy) is 3. The van der Waals surface area contributed by atoms with E-state index in [0.717, 1.165) is 34.7 Å². The molecule has 1 unspecified atom stereocenters. The van der Waals surface area contributed by atoms with E-state index in [9.17, 15) is 14.7 Å². The number of ketones is 1. The molecule has 1 aromatic rings. The molecule has 0 amide bonds. The summed E-state index contributed by atoms with van der Waals surface area (Å²) in [7, 11) is 0. The van der Waals surface area contributed by atoms with Crippen molar-refractivity contribution < 1.29 is 28.9 Å². The van der Waals surface area contributed by atoms with E-state index in [1.54, 1.807) is 25.2 Å². The minimum atomic E-state index is -1.14. The van der Waals surface area contributed by atoms with Crippen LogP contribution in [0.25, 0.3) is 6.08 Å². The van der Waals surface area contributed by atoms with E-state index in [2.05, 4.69) is 24.9 Å². The largest absolute Gasteiger partial charge is 0.457 e. The highest BCUT2D eigenvalue weighted by atomic mass is 32.1. The Bertz CT molecular complexity index is 1010. The fraction of sp³-hybridized carbons (Fsp3) is 0.690. The zero-order chi connectivity index (χ0) is 27.3. The number of cyclic esters (lactones) is 1. The van der Waals surface area contributed by atoms with Crippen molar-refractivity contribution in [1.29, 1.82) is 0 Å². The monoisotopic (exact) mass is 533 g/mol. The van der Waals surface area contributed by atoms with Gasteiger partial charge in [0.1, 0.15) is 18.7 Å². The van der Waals surface area contributed by atoms with E-state index in [-0.39, 0.29) is 42.9 Å². The lowest BCUT2D eigenvalue weighted by Gasteiger charge is -2.36. The van der Waals surface area contributed by atoms with Gasteiger partial charge in [0.25, 0.3) is 0 Å². The molecular formula is C29H43NO6S. The van der Waals surface area contributed by atoms with Crippen LogP contribution in [0, 0.1) is 30.1 Å². The fourth-order valence-electron chi connectivity index (χ4n) is 5.09. The van der Waals surface area contributed by atoms with Gasteiger partial charge >= 0.3 is 5.97 Å². The van der Waals surface area contributed by atoms with E-state index in [1.807, 2.05) is 32.2 Å². The maximum absolute atomic E-state index is 13.5. The van der Waals surface area contributed by atoms with Crippen molar-refractivity contribution in [2.75, 3.05) is 13.4 Å². The SMILES string of the molecule is C/C(=C\c1csc(C)n1)[C@@H]1C/C=C2/COCOC2CC[C@H](C)[C@H](C)[C@@H](C)C(=O)C(C)(C)[C@@H](O)CC(=O)O1. The van der Waals surface area contributed by atoms with Gasteiger partial charge in [-0.2, -0.15) is 0 Å². The number of carbonyl (C=O) groups is 2. The molecule has 206 valence electrons. The molecule has 0 saturated carbocycles. The smallest absolute Gasteiger partial charge is 0.309 e. The highest BCUT2D eigenvalue weighted by molar-refractivity contribution is 7.09. The average molecular weight is 534 g/mol. The predicted octanol–water partition coefficient (Wildman–Crippen LogP) is 5.50. The Hall–Kier alpha value is -1.87. The molecule has 1 saturated heterocycles. The van der Waals surface area contributed by atoms with E-state index in [1.165, 1.54) is 0 Å². The number of Topliss-reactive ketones (excluding diaryl/α,β-unsaturated/α-hetero) is 1. The maximum atomic E-state index is 13.5. The quantitative estimate of drug-likeness (QED) is 0.396. The minimum absolute atomic E-state index is 0.0336. The van der Waals surface area contributed by atoms with Gasteiger partial charge < -0.3 is 19.3 Å². The Labute approximate surface area is 225 Å². The van der Waals surface area contributed by atoms with Crippen LogP contribution in [0.3, 0.4) is 0 Å². The Balaban J connectivity index is 1.94. The normalized spacial score (nSPS) is 34.3. The number of aromatic nitrogens is 1. The molecular weight excluding hydrogens is 490 g/mol. The molecule has 3 rings (SSSR count). The first-order valence-electron chi connectivity index (χ1n) is 13.3. The van der Waals surface area contributed by atoms with Gasteiger partial charge in [0, 0.05) is 17.7 Å². The van der Waals surface area contributed by atoms with Crippen molar-refractivity contribution in [2.24, 2.45) is 23.2 Å². The molecule has 6 atom stereocenters. The fourth-order valence-corrected chi connectivity index (χ4v) is 5.66. The van der Waals surface area contributed by atoms with Crippen LogP contribution >= 0.6 is 11.3 Å². The molecule has 1 aromatic heterocycles. The van der Waals surface area contributed by atoms with Crippen molar-refractivity contribution >= 4 is 29.2 Å². The summed E-state index contributed by atoms with van der Waals surface area (Å²) in [5, 5.41) is 13.9. The van der Waals surface area contributed by atoms with Crippen LogP contribution in [-0.4, -0.2) is 53.6 Å². The van der Waals surface area contributed by atoms with E-state index in [0.29, 0.717) is 13.0 Å². The van der Waals surface area contributed by atoms with Crippen LogP contribution in [0.4, 0.5) is 0 Å². The van der Waals surface area contributed by atoms with Crippen molar-refractivity contribution in [3.05, 3.63) is 33.3 Å². The third-order valence-corrected chi connectivity index (χ3v) is 9.03. The number of rotatable bonds is 2. The highest BCUT2D eigenvalue weighted by Gasteiger charge is 2.42. The first-order chi connectivity index (χ1) is 17.4.